The van der Waals surface area contributed by atoms with E-state index in [4.69, 9.17) is 16.3 Å². The molecule has 1 aromatic carbocycles. The van der Waals surface area contributed by atoms with Crippen LogP contribution in [-0.2, 0) is 16.0 Å². The summed E-state index contributed by atoms with van der Waals surface area (Å²) in [6.07, 6.45) is 1.33. The van der Waals surface area contributed by atoms with Gasteiger partial charge in [0.15, 0.2) is 0 Å². The lowest BCUT2D eigenvalue weighted by Crippen LogP contribution is -2.58. The fourth-order valence-corrected chi connectivity index (χ4v) is 5.76. The molecule has 2 aliphatic heterocycles. The van der Waals surface area contributed by atoms with Crippen LogP contribution in [-0.4, -0.2) is 66.5 Å². The Labute approximate surface area is 200 Å². The summed E-state index contributed by atoms with van der Waals surface area (Å²) in [5.74, 6) is -0.978. The monoisotopic (exact) mass is 493 g/mol. The Hall–Kier alpha value is -2.49. The molecule has 10 heteroatoms. The number of likely N-dealkylation sites (tertiary alicyclic amines) is 1. The number of ether oxygens (including phenoxy) is 1. The number of nitrogens with zero attached hydrogens (tertiary/aromatic N) is 2. The van der Waals surface area contributed by atoms with Crippen molar-refractivity contribution in [2.24, 2.45) is 5.92 Å². The van der Waals surface area contributed by atoms with Gasteiger partial charge in [-0.1, -0.05) is 23.7 Å². The minimum absolute atomic E-state index is 0.121. The first-order valence-electron chi connectivity index (χ1n) is 10.8. The maximum absolute atomic E-state index is 13.6. The zero-order valence-electron chi connectivity index (χ0n) is 18.2. The number of piperidine rings is 1. The van der Waals surface area contributed by atoms with Crippen molar-refractivity contribution < 1.29 is 23.5 Å². The Morgan fingerprint density at radius 3 is 2.55 bits per heavy atom. The molecule has 0 spiro atoms. The molecule has 33 heavy (non-hydrogen) atoms. The molecule has 4 rings (SSSR count). The van der Waals surface area contributed by atoms with Gasteiger partial charge in [-0.3, -0.25) is 14.5 Å². The number of imide groups is 1. The summed E-state index contributed by atoms with van der Waals surface area (Å²) < 4.78 is 18.5. The average molecular weight is 494 g/mol. The zero-order valence-corrected chi connectivity index (χ0v) is 19.8. The van der Waals surface area contributed by atoms with Crippen LogP contribution in [0.4, 0.5) is 9.18 Å². The molecule has 1 N–H and O–H groups in total. The second kappa shape index (κ2) is 9.79. The first-order chi connectivity index (χ1) is 15.9. The third-order valence-corrected chi connectivity index (χ3v) is 7.74. The summed E-state index contributed by atoms with van der Waals surface area (Å²) >= 11 is 7.44. The highest BCUT2D eigenvalue weighted by atomic mass is 35.5. The number of carbonyl (C=O) groups excluding carboxylic acids is 3. The summed E-state index contributed by atoms with van der Waals surface area (Å²) in [5.41, 5.74) is -0.402. The Kier molecular flexibility index (Phi) is 7.02. The molecular formula is C23H25ClFN3O4S. The SMILES string of the molecule is COCCN1C(=O)N[C@](Cc2ccc(F)cc2)(C2CCN(C(=O)c3sccc3Cl)CC2)C1=O. The van der Waals surface area contributed by atoms with Crippen LogP contribution in [0.15, 0.2) is 35.7 Å². The van der Waals surface area contributed by atoms with Gasteiger partial charge in [0, 0.05) is 26.6 Å². The third-order valence-electron chi connectivity index (χ3n) is 6.41. The molecule has 2 fully saturated rings. The standard InChI is InChI=1S/C23H25ClFN3O4S/c1-32-12-11-28-21(30)23(26-22(28)31,14-15-2-4-17(25)5-3-15)16-6-9-27(10-7-16)20(29)19-18(24)8-13-33-19/h2-5,8,13,16H,6-7,9-12,14H2,1H3,(H,26,31)/t23-/m1/s1. The van der Waals surface area contributed by atoms with E-state index >= 15 is 0 Å². The molecule has 1 atom stereocenters. The van der Waals surface area contributed by atoms with Gasteiger partial charge >= 0.3 is 6.03 Å². The van der Waals surface area contributed by atoms with Gasteiger partial charge in [-0.15, -0.1) is 11.3 Å². The molecule has 176 valence electrons. The van der Waals surface area contributed by atoms with Crippen LogP contribution in [0.2, 0.25) is 5.02 Å². The number of thiophene rings is 1. The van der Waals surface area contributed by atoms with E-state index in [-0.39, 0.29) is 43.1 Å². The molecule has 0 radical (unpaired) electrons. The number of halogens is 2. The average Bonchev–Trinajstić information content (AvgIpc) is 3.34. The van der Waals surface area contributed by atoms with Crippen LogP contribution in [0.5, 0.6) is 0 Å². The maximum Gasteiger partial charge on any atom is 0.325 e. The van der Waals surface area contributed by atoms with Crippen molar-refractivity contribution in [3.05, 3.63) is 57.0 Å². The lowest BCUT2D eigenvalue weighted by molar-refractivity contribution is -0.134. The zero-order chi connectivity index (χ0) is 23.6. The Morgan fingerprint density at radius 1 is 1.24 bits per heavy atom. The molecular weight excluding hydrogens is 469 g/mol. The van der Waals surface area contributed by atoms with Gasteiger partial charge in [0.25, 0.3) is 11.8 Å². The van der Waals surface area contributed by atoms with Gasteiger partial charge in [0.05, 0.1) is 18.2 Å². The van der Waals surface area contributed by atoms with Gasteiger partial charge in [0.1, 0.15) is 16.2 Å². The molecule has 1 aromatic heterocycles. The normalized spacial score (nSPS) is 21.5. The minimum Gasteiger partial charge on any atom is -0.383 e. The second-order valence-electron chi connectivity index (χ2n) is 8.32. The molecule has 0 aliphatic carbocycles. The van der Waals surface area contributed by atoms with Gasteiger partial charge in [0.2, 0.25) is 0 Å². The Balaban J connectivity index is 1.56. The largest absolute Gasteiger partial charge is 0.383 e. The van der Waals surface area contributed by atoms with E-state index in [1.165, 1.54) is 35.5 Å². The lowest BCUT2D eigenvalue weighted by Gasteiger charge is -2.41. The number of urea groups is 1. The van der Waals surface area contributed by atoms with Crippen molar-refractivity contribution >= 4 is 40.8 Å². The van der Waals surface area contributed by atoms with E-state index in [2.05, 4.69) is 5.32 Å². The quantitative estimate of drug-likeness (QED) is 0.598. The van der Waals surface area contributed by atoms with E-state index in [0.29, 0.717) is 35.8 Å². The number of benzene rings is 1. The molecule has 2 saturated heterocycles. The summed E-state index contributed by atoms with van der Waals surface area (Å²) in [6.45, 7) is 1.29. The van der Waals surface area contributed by atoms with Gasteiger partial charge in [-0.25, -0.2) is 9.18 Å². The number of methoxy groups -OCH3 is 1. The molecule has 0 unspecified atom stereocenters. The molecule has 2 aliphatic rings. The first kappa shape index (κ1) is 23.7. The van der Waals surface area contributed by atoms with Crippen LogP contribution in [0, 0.1) is 11.7 Å². The Morgan fingerprint density at radius 2 is 1.94 bits per heavy atom. The van der Waals surface area contributed by atoms with Gasteiger partial charge in [-0.05, 0) is 47.9 Å². The van der Waals surface area contributed by atoms with Crippen molar-refractivity contribution in [3.63, 3.8) is 0 Å². The smallest absolute Gasteiger partial charge is 0.325 e. The van der Waals surface area contributed by atoms with E-state index in [0.717, 1.165) is 5.56 Å². The third kappa shape index (κ3) is 4.62. The van der Waals surface area contributed by atoms with Crippen LogP contribution in [0.25, 0.3) is 0 Å². The number of amides is 4. The van der Waals surface area contributed by atoms with Gasteiger partial charge < -0.3 is 15.0 Å². The number of rotatable bonds is 7. The van der Waals surface area contributed by atoms with Crippen LogP contribution in [0.1, 0.15) is 28.1 Å². The van der Waals surface area contributed by atoms with E-state index in [1.54, 1.807) is 28.5 Å². The van der Waals surface area contributed by atoms with Crippen LogP contribution >= 0.6 is 22.9 Å². The number of hydrogen-bond donors (Lipinski definition) is 1. The van der Waals surface area contributed by atoms with E-state index < -0.39 is 11.6 Å². The molecule has 4 amide bonds. The first-order valence-corrected chi connectivity index (χ1v) is 12.0. The molecule has 7 nitrogen and oxygen atoms in total. The summed E-state index contributed by atoms with van der Waals surface area (Å²) in [4.78, 5) is 42.6. The fraction of sp³-hybridized carbons (Fsp3) is 0.435. The minimum atomic E-state index is -1.15. The van der Waals surface area contributed by atoms with Crippen molar-refractivity contribution in [1.82, 2.24) is 15.1 Å². The van der Waals surface area contributed by atoms with Crippen molar-refractivity contribution in [2.75, 3.05) is 33.4 Å². The fourth-order valence-electron chi connectivity index (χ4n) is 4.66. The second-order valence-corrected chi connectivity index (χ2v) is 9.64. The lowest BCUT2D eigenvalue weighted by atomic mass is 9.74. The van der Waals surface area contributed by atoms with E-state index in [9.17, 15) is 18.8 Å². The molecule has 2 aromatic rings. The summed E-state index contributed by atoms with van der Waals surface area (Å²) in [5, 5.41) is 5.17. The van der Waals surface area contributed by atoms with Gasteiger partial charge in [-0.2, -0.15) is 0 Å². The number of carbonyl (C=O) groups is 3. The highest BCUT2D eigenvalue weighted by Crippen LogP contribution is 2.37. The number of hydrogen-bond acceptors (Lipinski definition) is 5. The maximum atomic E-state index is 13.6. The summed E-state index contributed by atoms with van der Waals surface area (Å²) in [6, 6.07) is 7.20. The van der Waals surface area contributed by atoms with Crippen molar-refractivity contribution in [3.8, 4) is 0 Å². The molecule has 0 bridgehead atoms. The topological polar surface area (TPSA) is 79.0 Å². The van der Waals surface area contributed by atoms with Crippen LogP contribution < -0.4 is 5.32 Å². The van der Waals surface area contributed by atoms with Crippen molar-refractivity contribution in [2.45, 2.75) is 24.8 Å². The molecule has 0 saturated carbocycles. The Bertz CT molecular complexity index is 1040. The predicted octanol–water partition coefficient (Wildman–Crippen LogP) is 3.57. The summed E-state index contributed by atoms with van der Waals surface area (Å²) in [7, 11) is 1.51. The molecule has 3 heterocycles. The highest BCUT2D eigenvalue weighted by Gasteiger charge is 2.55. The van der Waals surface area contributed by atoms with Crippen LogP contribution in [0.3, 0.4) is 0 Å². The van der Waals surface area contributed by atoms with E-state index in [1.807, 2.05) is 0 Å². The predicted molar refractivity (Wildman–Crippen MR) is 123 cm³/mol. The number of nitrogens with one attached hydrogen (secondary N) is 1. The highest BCUT2D eigenvalue weighted by molar-refractivity contribution is 7.12. The van der Waals surface area contributed by atoms with Crippen molar-refractivity contribution in [1.29, 1.82) is 0 Å².